The maximum Gasteiger partial charge on any atom is 0.310 e. The molecule has 0 amide bonds. The van der Waals surface area contributed by atoms with Crippen molar-refractivity contribution in [3.05, 3.63) is 42.1 Å². The van der Waals surface area contributed by atoms with Crippen LogP contribution in [0.5, 0.6) is 0 Å². The highest BCUT2D eigenvalue weighted by Gasteiger charge is 2.19. The van der Waals surface area contributed by atoms with E-state index < -0.39 is 0 Å². The number of benzene rings is 1. The fourth-order valence-corrected chi connectivity index (χ4v) is 2.12. The minimum atomic E-state index is -0.312. The summed E-state index contributed by atoms with van der Waals surface area (Å²) in [6, 6.07) is 9.87. The predicted molar refractivity (Wildman–Crippen MR) is 74.6 cm³/mol. The van der Waals surface area contributed by atoms with Gasteiger partial charge in [0.05, 0.1) is 18.0 Å². The number of carbonyl (C=O) groups excluding carboxylic acids is 1. The fraction of sp³-hybridized carbons (Fsp3) is 0.333. The smallest absolute Gasteiger partial charge is 0.310 e. The molecule has 1 aromatic heterocycles. The Hall–Kier alpha value is -1.94. The average molecular weight is 258 g/mol. The van der Waals surface area contributed by atoms with Gasteiger partial charge in [-0.3, -0.25) is 9.78 Å². The molecule has 0 bridgehead atoms. The number of rotatable bonds is 5. The number of para-hydroxylation sites is 1. The van der Waals surface area contributed by atoms with E-state index in [0.29, 0.717) is 13.0 Å². The second-order valence-corrected chi connectivity index (χ2v) is 4.38. The number of ether oxygens (including phenoxy) is 1. The van der Waals surface area contributed by atoms with Gasteiger partial charge in [0.15, 0.2) is 0 Å². The van der Waals surface area contributed by atoms with Gasteiger partial charge in [-0.15, -0.1) is 0 Å². The molecule has 0 radical (unpaired) electrons. The second kappa shape index (κ2) is 6.29. The maximum absolute atomic E-state index is 11.8. The second-order valence-electron chi connectivity index (χ2n) is 4.38. The number of pyridine rings is 1. The van der Waals surface area contributed by atoms with Gasteiger partial charge >= 0.3 is 5.97 Å². The summed E-state index contributed by atoms with van der Waals surface area (Å²) in [5.74, 6) is -0.550. The maximum atomic E-state index is 11.8. The van der Waals surface area contributed by atoms with Crippen LogP contribution in [0.2, 0.25) is 0 Å². The molecule has 0 saturated heterocycles. The Balaban J connectivity index is 2.27. The molecule has 1 atom stereocenters. The highest BCUT2D eigenvalue weighted by molar-refractivity contribution is 5.82. The van der Waals surface area contributed by atoms with Crippen LogP contribution in [0.1, 0.15) is 12.5 Å². The molecule has 19 heavy (non-hydrogen) atoms. The number of carbonyl (C=O) groups is 1. The fourth-order valence-electron chi connectivity index (χ4n) is 2.12. The van der Waals surface area contributed by atoms with Crippen LogP contribution in [0.4, 0.5) is 0 Å². The molecule has 1 heterocycles. The number of nitrogens with zero attached hydrogens (tertiary/aromatic N) is 1. The Kier molecular flexibility index (Phi) is 4.47. The molecule has 0 aliphatic rings. The number of aromatic nitrogens is 1. The number of nitrogens with two attached hydrogens (primary N) is 1. The Bertz CT molecular complexity index is 564. The van der Waals surface area contributed by atoms with E-state index in [1.54, 1.807) is 13.1 Å². The Labute approximate surface area is 112 Å². The minimum absolute atomic E-state index is 0.238. The highest BCUT2D eigenvalue weighted by Crippen LogP contribution is 2.19. The summed E-state index contributed by atoms with van der Waals surface area (Å²) in [4.78, 5) is 16.2. The van der Waals surface area contributed by atoms with Gasteiger partial charge in [-0.2, -0.15) is 0 Å². The molecule has 0 fully saturated rings. The molecule has 4 heteroatoms. The van der Waals surface area contributed by atoms with Gasteiger partial charge in [0, 0.05) is 18.1 Å². The van der Waals surface area contributed by atoms with Crippen molar-refractivity contribution in [2.45, 2.75) is 13.3 Å². The van der Waals surface area contributed by atoms with E-state index in [9.17, 15) is 4.79 Å². The van der Waals surface area contributed by atoms with Crippen LogP contribution in [0.25, 0.3) is 10.9 Å². The van der Waals surface area contributed by atoms with E-state index in [2.05, 4.69) is 4.98 Å². The lowest BCUT2D eigenvalue weighted by molar-refractivity contribution is -0.147. The van der Waals surface area contributed by atoms with Crippen LogP contribution in [0.3, 0.4) is 0 Å². The number of hydrogen-bond acceptors (Lipinski definition) is 4. The molecule has 0 aliphatic heterocycles. The lowest BCUT2D eigenvalue weighted by Gasteiger charge is -2.14. The molecule has 2 rings (SSSR count). The third-order valence-corrected chi connectivity index (χ3v) is 3.09. The number of esters is 1. The SMILES string of the molecule is CCOC(=O)C(CN)Cc1cccc2cccnc12. The average Bonchev–Trinajstić information content (AvgIpc) is 2.45. The van der Waals surface area contributed by atoms with Crippen LogP contribution in [0, 0.1) is 5.92 Å². The molecule has 0 saturated carbocycles. The zero-order valence-corrected chi connectivity index (χ0v) is 11.0. The first-order valence-corrected chi connectivity index (χ1v) is 6.45. The van der Waals surface area contributed by atoms with Gasteiger partial charge < -0.3 is 10.5 Å². The van der Waals surface area contributed by atoms with Crippen molar-refractivity contribution >= 4 is 16.9 Å². The first-order valence-electron chi connectivity index (χ1n) is 6.45. The highest BCUT2D eigenvalue weighted by atomic mass is 16.5. The Morgan fingerprint density at radius 2 is 2.16 bits per heavy atom. The van der Waals surface area contributed by atoms with Gasteiger partial charge in [-0.25, -0.2) is 0 Å². The summed E-state index contributed by atoms with van der Waals surface area (Å²) >= 11 is 0. The summed E-state index contributed by atoms with van der Waals surface area (Å²) in [5.41, 5.74) is 7.63. The molecule has 4 nitrogen and oxygen atoms in total. The summed E-state index contributed by atoms with van der Waals surface area (Å²) in [6.07, 6.45) is 2.32. The third-order valence-electron chi connectivity index (χ3n) is 3.09. The standard InChI is InChI=1S/C15H18N2O2/c1-2-19-15(18)13(10-16)9-12-6-3-5-11-7-4-8-17-14(11)12/h3-8,13H,2,9-10,16H2,1H3. The molecular weight excluding hydrogens is 240 g/mol. The van der Waals surface area contributed by atoms with Crippen LogP contribution in [0.15, 0.2) is 36.5 Å². The van der Waals surface area contributed by atoms with Gasteiger partial charge in [-0.1, -0.05) is 24.3 Å². The summed E-state index contributed by atoms with van der Waals surface area (Å²) in [6.45, 7) is 2.45. The van der Waals surface area contributed by atoms with E-state index in [1.165, 1.54) is 0 Å². The van der Waals surface area contributed by atoms with Gasteiger partial charge in [-0.05, 0) is 25.0 Å². The number of fused-ring (bicyclic) bond motifs is 1. The van der Waals surface area contributed by atoms with E-state index in [1.807, 2.05) is 30.3 Å². The summed E-state index contributed by atoms with van der Waals surface area (Å²) < 4.78 is 5.04. The van der Waals surface area contributed by atoms with Crippen molar-refractivity contribution in [1.29, 1.82) is 0 Å². The third kappa shape index (κ3) is 3.09. The van der Waals surface area contributed by atoms with Crippen molar-refractivity contribution in [2.75, 3.05) is 13.2 Å². The number of hydrogen-bond donors (Lipinski definition) is 1. The van der Waals surface area contributed by atoms with Crippen molar-refractivity contribution < 1.29 is 9.53 Å². The van der Waals surface area contributed by atoms with E-state index in [-0.39, 0.29) is 18.4 Å². The van der Waals surface area contributed by atoms with E-state index in [0.717, 1.165) is 16.5 Å². The first kappa shape index (κ1) is 13.5. The van der Waals surface area contributed by atoms with Crippen LogP contribution >= 0.6 is 0 Å². The minimum Gasteiger partial charge on any atom is -0.466 e. The summed E-state index contributed by atoms with van der Waals surface area (Å²) in [7, 11) is 0. The zero-order chi connectivity index (χ0) is 13.7. The van der Waals surface area contributed by atoms with Crippen LogP contribution < -0.4 is 5.73 Å². The Morgan fingerprint density at radius 3 is 2.89 bits per heavy atom. The van der Waals surface area contributed by atoms with E-state index >= 15 is 0 Å². The monoisotopic (exact) mass is 258 g/mol. The normalized spacial score (nSPS) is 12.3. The van der Waals surface area contributed by atoms with Crippen molar-refractivity contribution in [2.24, 2.45) is 11.7 Å². The van der Waals surface area contributed by atoms with Crippen molar-refractivity contribution in [3.8, 4) is 0 Å². The largest absolute Gasteiger partial charge is 0.466 e. The molecule has 1 aromatic carbocycles. The quantitative estimate of drug-likeness (QED) is 0.832. The molecule has 1 unspecified atom stereocenters. The molecule has 0 spiro atoms. The van der Waals surface area contributed by atoms with Crippen molar-refractivity contribution in [1.82, 2.24) is 4.98 Å². The van der Waals surface area contributed by atoms with Crippen LogP contribution in [-0.2, 0) is 16.0 Å². The van der Waals surface area contributed by atoms with Gasteiger partial charge in [0.1, 0.15) is 0 Å². The Morgan fingerprint density at radius 1 is 1.37 bits per heavy atom. The van der Waals surface area contributed by atoms with E-state index in [4.69, 9.17) is 10.5 Å². The molecule has 0 aliphatic carbocycles. The molecular formula is C15H18N2O2. The lowest BCUT2D eigenvalue weighted by Crippen LogP contribution is -2.27. The molecule has 100 valence electrons. The molecule has 2 aromatic rings. The summed E-state index contributed by atoms with van der Waals surface area (Å²) in [5, 5.41) is 1.07. The molecule has 2 N–H and O–H groups in total. The zero-order valence-electron chi connectivity index (χ0n) is 11.0. The van der Waals surface area contributed by atoms with Crippen molar-refractivity contribution in [3.63, 3.8) is 0 Å². The predicted octanol–water partition coefficient (Wildman–Crippen LogP) is 1.92. The lowest BCUT2D eigenvalue weighted by atomic mass is 9.97. The van der Waals surface area contributed by atoms with Crippen LogP contribution in [-0.4, -0.2) is 24.1 Å². The first-order chi connectivity index (χ1) is 9.26. The van der Waals surface area contributed by atoms with Gasteiger partial charge in [0.25, 0.3) is 0 Å². The van der Waals surface area contributed by atoms with Gasteiger partial charge in [0.2, 0.25) is 0 Å². The topological polar surface area (TPSA) is 65.2 Å².